The number of hydrogen-bond acceptors (Lipinski definition) is 4. The maximum absolute atomic E-state index is 5.77. The van der Waals surface area contributed by atoms with Gasteiger partial charge in [-0.1, -0.05) is 0 Å². The molecule has 2 N–H and O–H groups in total. The molecule has 0 aliphatic carbocycles. The van der Waals surface area contributed by atoms with Crippen LogP contribution in [0.3, 0.4) is 0 Å². The quantitative estimate of drug-likeness (QED) is 0.896. The molecule has 0 spiro atoms. The molecule has 2 aromatic rings. The summed E-state index contributed by atoms with van der Waals surface area (Å²) in [6, 6.07) is 7.51. The van der Waals surface area contributed by atoms with Crippen molar-refractivity contribution in [3.8, 4) is 11.4 Å². The second-order valence-electron chi connectivity index (χ2n) is 3.67. The number of halogens is 2. The van der Waals surface area contributed by atoms with E-state index < -0.39 is 0 Å². The number of methoxy groups -OCH3 is 1. The van der Waals surface area contributed by atoms with E-state index in [2.05, 4.69) is 41.8 Å². The lowest BCUT2D eigenvalue weighted by Gasteiger charge is -2.06. The van der Waals surface area contributed by atoms with Crippen LogP contribution in [0.15, 0.2) is 33.2 Å². The van der Waals surface area contributed by atoms with Crippen molar-refractivity contribution in [2.75, 3.05) is 12.8 Å². The Morgan fingerprint density at radius 2 is 1.94 bits per heavy atom. The summed E-state index contributed by atoms with van der Waals surface area (Å²) < 4.78 is 6.98. The predicted octanol–water partition coefficient (Wildman–Crippen LogP) is 3.40. The average molecular weight is 373 g/mol. The Balaban J connectivity index is 2.46. The molecule has 94 valence electrons. The van der Waals surface area contributed by atoms with Gasteiger partial charge in [-0.2, -0.15) is 0 Å². The van der Waals surface area contributed by atoms with Crippen molar-refractivity contribution >= 4 is 37.7 Å². The topological polar surface area (TPSA) is 61.0 Å². The van der Waals surface area contributed by atoms with Crippen LogP contribution in [0.2, 0.25) is 0 Å². The Labute approximate surface area is 122 Å². The van der Waals surface area contributed by atoms with E-state index in [9.17, 15) is 0 Å². The largest absolute Gasteiger partial charge is 0.384 e. The Morgan fingerprint density at radius 1 is 1.17 bits per heavy atom. The summed E-state index contributed by atoms with van der Waals surface area (Å²) in [5.41, 5.74) is 7.43. The first-order chi connectivity index (χ1) is 8.60. The molecule has 0 amide bonds. The van der Waals surface area contributed by atoms with Crippen molar-refractivity contribution in [1.29, 1.82) is 0 Å². The minimum Gasteiger partial charge on any atom is -0.384 e. The Kier molecular flexibility index (Phi) is 4.31. The third-order valence-corrected chi connectivity index (χ3v) is 4.15. The van der Waals surface area contributed by atoms with E-state index in [1.807, 2.05) is 18.2 Å². The van der Waals surface area contributed by atoms with Gasteiger partial charge in [0.2, 0.25) is 0 Å². The van der Waals surface area contributed by atoms with Crippen LogP contribution in [-0.4, -0.2) is 17.1 Å². The summed E-state index contributed by atoms with van der Waals surface area (Å²) in [6.07, 6.45) is 0. The highest BCUT2D eigenvalue weighted by molar-refractivity contribution is 9.13. The highest BCUT2D eigenvalue weighted by Gasteiger charge is 2.07. The van der Waals surface area contributed by atoms with Gasteiger partial charge in [-0.05, 0) is 50.1 Å². The van der Waals surface area contributed by atoms with Gasteiger partial charge in [0.15, 0.2) is 5.82 Å². The molecule has 0 saturated heterocycles. The number of hydrogen-bond donors (Lipinski definition) is 1. The minimum absolute atomic E-state index is 0.414. The zero-order chi connectivity index (χ0) is 13.1. The average Bonchev–Trinajstić information content (AvgIpc) is 2.32. The van der Waals surface area contributed by atoms with Crippen LogP contribution < -0.4 is 5.73 Å². The second-order valence-corrected chi connectivity index (χ2v) is 5.38. The Hall–Kier alpha value is -0.980. The molecule has 2 rings (SSSR count). The van der Waals surface area contributed by atoms with Crippen LogP contribution in [-0.2, 0) is 11.3 Å². The van der Waals surface area contributed by atoms with Gasteiger partial charge in [0, 0.05) is 27.7 Å². The maximum Gasteiger partial charge on any atom is 0.161 e. The molecule has 1 heterocycles. The van der Waals surface area contributed by atoms with Gasteiger partial charge in [-0.25, -0.2) is 9.97 Å². The number of benzene rings is 1. The summed E-state index contributed by atoms with van der Waals surface area (Å²) in [5, 5.41) is 0. The number of nitrogens with two attached hydrogens (primary N) is 1. The van der Waals surface area contributed by atoms with E-state index in [0.717, 1.165) is 20.2 Å². The summed E-state index contributed by atoms with van der Waals surface area (Å²) in [5.74, 6) is 1.03. The molecule has 4 nitrogen and oxygen atoms in total. The second kappa shape index (κ2) is 5.77. The molecule has 1 aromatic carbocycles. The van der Waals surface area contributed by atoms with Gasteiger partial charge >= 0.3 is 0 Å². The molecular weight excluding hydrogens is 362 g/mol. The summed E-state index contributed by atoms with van der Waals surface area (Å²) >= 11 is 6.88. The molecule has 1 aromatic heterocycles. The van der Waals surface area contributed by atoms with Crippen molar-refractivity contribution in [2.24, 2.45) is 0 Å². The minimum atomic E-state index is 0.414. The number of nitrogen functional groups attached to an aromatic ring is 1. The van der Waals surface area contributed by atoms with Gasteiger partial charge in [-0.3, -0.25) is 0 Å². The molecule has 18 heavy (non-hydrogen) atoms. The third-order valence-electron chi connectivity index (χ3n) is 2.27. The molecule has 0 saturated carbocycles. The molecular formula is C12H11Br2N3O. The molecule has 6 heteroatoms. The monoisotopic (exact) mass is 371 g/mol. The molecule has 0 radical (unpaired) electrons. The smallest absolute Gasteiger partial charge is 0.161 e. The van der Waals surface area contributed by atoms with Crippen LogP contribution in [0.4, 0.5) is 5.82 Å². The highest BCUT2D eigenvalue weighted by Crippen LogP contribution is 2.28. The highest BCUT2D eigenvalue weighted by atomic mass is 79.9. The van der Waals surface area contributed by atoms with Crippen molar-refractivity contribution in [3.05, 3.63) is 38.9 Å². The summed E-state index contributed by atoms with van der Waals surface area (Å²) in [6.45, 7) is 0.414. The Bertz CT molecular complexity index is 575. The SMILES string of the molecule is COCc1cc(N)nc(-c2ccc(Br)c(Br)c2)n1. The number of nitrogens with zero attached hydrogens (tertiary/aromatic N) is 2. The molecule has 0 aliphatic rings. The van der Waals surface area contributed by atoms with Gasteiger partial charge < -0.3 is 10.5 Å². The van der Waals surface area contributed by atoms with Crippen LogP contribution in [0.1, 0.15) is 5.69 Å². The van der Waals surface area contributed by atoms with Gasteiger partial charge in [0.1, 0.15) is 5.82 Å². The van der Waals surface area contributed by atoms with Crippen molar-refractivity contribution in [2.45, 2.75) is 6.61 Å². The molecule has 0 fully saturated rings. The lowest BCUT2D eigenvalue weighted by atomic mass is 10.2. The first kappa shape index (κ1) is 13.5. The van der Waals surface area contributed by atoms with Crippen molar-refractivity contribution in [1.82, 2.24) is 9.97 Å². The van der Waals surface area contributed by atoms with Crippen molar-refractivity contribution < 1.29 is 4.74 Å². The van der Waals surface area contributed by atoms with E-state index in [-0.39, 0.29) is 0 Å². The van der Waals surface area contributed by atoms with E-state index in [1.165, 1.54) is 0 Å². The zero-order valence-electron chi connectivity index (χ0n) is 9.65. The van der Waals surface area contributed by atoms with Gasteiger partial charge in [-0.15, -0.1) is 0 Å². The molecule has 0 unspecified atom stereocenters. The first-order valence-corrected chi connectivity index (χ1v) is 6.76. The Morgan fingerprint density at radius 3 is 2.61 bits per heavy atom. The predicted molar refractivity (Wildman–Crippen MR) is 78.0 cm³/mol. The van der Waals surface area contributed by atoms with Crippen LogP contribution in [0, 0.1) is 0 Å². The van der Waals surface area contributed by atoms with Gasteiger partial charge in [0.25, 0.3) is 0 Å². The van der Waals surface area contributed by atoms with Crippen molar-refractivity contribution in [3.63, 3.8) is 0 Å². The van der Waals surface area contributed by atoms with Crippen LogP contribution in [0.25, 0.3) is 11.4 Å². The normalized spacial score (nSPS) is 10.6. The molecule has 0 aliphatic heterocycles. The number of ether oxygens (including phenoxy) is 1. The standard InChI is InChI=1S/C12H11Br2N3O/c1-18-6-8-5-11(15)17-12(16-8)7-2-3-9(13)10(14)4-7/h2-5H,6H2,1H3,(H2,15,16,17). The van der Waals surface area contributed by atoms with Crippen LogP contribution in [0.5, 0.6) is 0 Å². The molecule has 0 atom stereocenters. The fraction of sp³-hybridized carbons (Fsp3) is 0.167. The summed E-state index contributed by atoms with van der Waals surface area (Å²) in [4.78, 5) is 8.64. The fourth-order valence-electron chi connectivity index (χ4n) is 1.50. The number of aromatic nitrogens is 2. The molecule has 0 bridgehead atoms. The van der Waals surface area contributed by atoms with E-state index in [4.69, 9.17) is 10.5 Å². The fourth-order valence-corrected chi connectivity index (χ4v) is 2.13. The summed E-state index contributed by atoms with van der Waals surface area (Å²) in [7, 11) is 1.62. The number of anilines is 1. The van der Waals surface area contributed by atoms with Crippen LogP contribution >= 0.6 is 31.9 Å². The lowest BCUT2D eigenvalue weighted by molar-refractivity contribution is 0.181. The lowest BCUT2D eigenvalue weighted by Crippen LogP contribution is -2.01. The van der Waals surface area contributed by atoms with E-state index in [0.29, 0.717) is 18.2 Å². The zero-order valence-corrected chi connectivity index (χ0v) is 12.8. The third kappa shape index (κ3) is 3.07. The maximum atomic E-state index is 5.77. The van der Waals surface area contributed by atoms with E-state index in [1.54, 1.807) is 13.2 Å². The van der Waals surface area contributed by atoms with Gasteiger partial charge in [0.05, 0.1) is 12.3 Å². The van der Waals surface area contributed by atoms with E-state index >= 15 is 0 Å². The first-order valence-electron chi connectivity index (χ1n) is 5.18. The number of rotatable bonds is 3.